The van der Waals surface area contributed by atoms with E-state index in [1.807, 2.05) is 12.1 Å². The summed E-state index contributed by atoms with van der Waals surface area (Å²) in [7, 11) is 0. The van der Waals surface area contributed by atoms with Gasteiger partial charge in [0.05, 0.1) is 0 Å². The highest BCUT2D eigenvalue weighted by Gasteiger charge is 2.17. The lowest BCUT2D eigenvalue weighted by molar-refractivity contribution is -0.131. The molecule has 1 aliphatic carbocycles. The topological polar surface area (TPSA) is 37.3 Å². The van der Waals surface area contributed by atoms with Gasteiger partial charge in [0.15, 0.2) is 0 Å². The molecule has 1 aromatic rings. The third-order valence-corrected chi connectivity index (χ3v) is 2.79. The third kappa shape index (κ3) is 2.27. The summed E-state index contributed by atoms with van der Waals surface area (Å²) < 4.78 is 0. The normalized spacial score (nSPS) is 20.1. The smallest absolute Gasteiger partial charge is 0.327 e. The van der Waals surface area contributed by atoms with E-state index in [2.05, 4.69) is 12.1 Å². The molecule has 1 N–H and O–H groups in total. The second-order valence-electron chi connectivity index (χ2n) is 3.80. The van der Waals surface area contributed by atoms with E-state index in [4.69, 9.17) is 5.11 Å². The third-order valence-electron chi connectivity index (χ3n) is 2.79. The van der Waals surface area contributed by atoms with E-state index in [1.54, 1.807) is 6.08 Å². The number of fused-ring (bicyclic) bond motifs is 1. The highest BCUT2D eigenvalue weighted by atomic mass is 16.4. The quantitative estimate of drug-likeness (QED) is 0.746. The Hall–Kier alpha value is -1.57. The average molecular weight is 201 g/mol. The van der Waals surface area contributed by atoms with Crippen LogP contribution in [0.4, 0.5) is 0 Å². The molecule has 1 atom stereocenters. The van der Waals surface area contributed by atoms with Crippen molar-refractivity contribution in [2.24, 2.45) is 0 Å². The highest BCUT2D eigenvalue weighted by molar-refractivity contribution is 5.79. The van der Waals surface area contributed by atoms with Crippen LogP contribution in [0.3, 0.4) is 0 Å². The van der Waals surface area contributed by atoms with Crippen LogP contribution in [0.5, 0.6) is 0 Å². The Bertz CT molecular complexity index is 393. The van der Waals surface area contributed by atoms with E-state index in [0.29, 0.717) is 0 Å². The molecule has 77 valence electrons. The summed E-state index contributed by atoms with van der Waals surface area (Å²) in [6, 6.07) is 9.18. The second-order valence-corrected chi connectivity index (χ2v) is 3.80. The van der Waals surface area contributed by atoms with E-state index in [-0.39, 0.29) is 5.92 Å². The van der Waals surface area contributed by atoms with Gasteiger partial charge in [-0.2, -0.15) is 0 Å². The minimum Gasteiger partial charge on any atom is -0.478 e. The molecule has 0 amide bonds. The Morgan fingerprint density at radius 3 is 3.27 bits per heavy atom. The monoisotopic (exact) mass is 201 g/mol. The molecule has 2 heteroatoms. The van der Waals surface area contributed by atoms with Crippen LogP contribution in [0.2, 0.25) is 0 Å². The molecule has 0 spiro atoms. The van der Waals surface area contributed by atoms with Crippen LogP contribution in [-0.2, 0) is 11.2 Å². The fraction of sp³-hybridized carbons (Fsp3) is 0.308. The van der Waals surface area contributed by atoms with Crippen molar-refractivity contribution < 1.29 is 9.90 Å². The van der Waals surface area contributed by atoms with Gasteiger partial charge < -0.3 is 5.11 Å². The van der Waals surface area contributed by atoms with Gasteiger partial charge in [0.1, 0.15) is 0 Å². The van der Waals surface area contributed by atoms with Crippen LogP contribution in [0.25, 0.3) is 0 Å². The van der Waals surface area contributed by atoms with E-state index >= 15 is 0 Å². The Balaban J connectivity index is 2.26. The van der Waals surface area contributed by atoms with E-state index in [9.17, 15) is 4.79 Å². The van der Waals surface area contributed by atoms with Gasteiger partial charge in [-0.15, -0.1) is 0 Å². The molecule has 2 rings (SSSR count). The number of carboxylic acid groups (broad SMARTS) is 1. The van der Waals surface area contributed by atoms with Crippen molar-refractivity contribution in [2.75, 3.05) is 0 Å². The molecular weight excluding hydrogens is 188 g/mol. The zero-order valence-corrected chi connectivity index (χ0v) is 8.44. The molecule has 1 aromatic carbocycles. The number of hydrogen-bond donors (Lipinski definition) is 1. The molecule has 15 heavy (non-hydrogen) atoms. The summed E-state index contributed by atoms with van der Waals surface area (Å²) in [6.07, 6.45) is 6.24. The van der Waals surface area contributed by atoms with Gasteiger partial charge in [-0.3, -0.25) is 0 Å². The molecule has 1 radical (unpaired) electrons. The number of carbonyl (C=O) groups is 1. The van der Waals surface area contributed by atoms with Gasteiger partial charge in [0.2, 0.25) is 0 Å². The van der Waals surface area contributed by atoms with Crippen molar-refractivity contribution in [1.29, 1.82) is 0 Å². The molecule has 0 aromatic heterocycles. The largest absolute Gasteiger partial charge is 0.478 e. The average Bonchev–Trinajstić information content (AvgIpc) is 2.26. The van der Waals surface area contributed by atoms with Crippen LogP contribution < -0.4 is 0 Å². The van der Waals surface area contributed by atoms with E-state index < -0.39 is 5.97 Å². The number of hydrogen-bond acceptors (Lipinski definition) is 1. The lowest BCUT2D eigenvalue weighted by Gasteiger charge is -2.22. The predicted octanol–water partition coefficient (Wildman–Crippen LogP) is 2.55. The van der Waals surface area contributed by atoms with Crippen LogP contribution in [0.1, 0.15) is 29.9 Å². The van der Waals surface area contributed by atoms with Gasteiger partial charge >= 0.3 is 5.97 Å². The fourth-order valence-electron chi connectivity index (χ4n) is 2.10. The highest BCUT2D eigenvalue weighted by Crippen LogP contribution is 2.31. The summed E-state index contributed by atoms with van der Waals surface area (Å²) in [5, 5.41) is 8.60. The minimum absolute atomic E-state index is 0.252. The summed E-state index contributed by atoms with van der Waals surface area (Å²) in [4.78, 5) is 10.5. The summed E-state index contributed by atoms with van der Waals surface area (Å²) in [5.41, 5.74) is 2.48. The maximum Gasteiger partial charge on any atom is 0.327 e. The van der Waals surface area contributed by atoms with Crippen LogP contribution >= 0.6 is 0 Å². The molecule has 1 aliphatic rings. The van der Waals surface area contributed by atoms with E-state index in [1.165, 1.54) is 17.2 Å². The first-order valence-corrected chi connectivity index (χ1v) is 5.18. The molecule has 0 heterocycles. The molecule has 0 aliphatic heterocycles. The fourth-order valence-corrected chi connectivity index (χ4v) is 2.10. The van der Waals surface area contributed by atoms with Crippen LogP contribution in [0, 0.1) is 6.07 Å². The zero-order chi connectivity index (χ0) is 10.7. The van der Waals surface area contributed by atoms with Crippen molar-refractivity contribution in [2.45, 2.75) is 25.2 Å². The molecule has 2 nitrogen and oxygen atoms in total. The zero-order valence-electron chi connectivity index (χ0n) is 8.44. The molecule has 0 saturated carbocycles. The molecule has 0 fully saturated rings. The van der Waals surface area contributed by atoms with E-state index in [0.717, 1.165) is 19.3 Å². The maximum absolute atomic E-state index is 10.5. The Morgan fingerprint density at radius 2 is 2.47 bits per heavy atom. The first-order chi connectivity index (χ1) is 7.27. The van der Waals surface area contributed by atoms with Crippen LogP contribution in [0.15, 0.2) is 30.4 Å². The number of allylic oxidation sites excluding steroid dienone is 1. The lowest BCUT2D eigenvalue weighted by atomic mass is 9.83. The second kappa shape index (κ2) is 4.30. The summed E-state index contributed by atoms with van der Waals surface area (Å²) in [5.74, 6) is -0.621. The van der Waals surface area contributed by atoms with Crippen molar-refractivity contribution in [3.63, 3.8) is 0 Å². The Morgan fingerprint density at radius 1 is 1.60 bits per heavy atom. The Kier molecular flexibility index (Phi) is 2.86. The predicted molar refractivity (Wildman–Crippen MR) is 57.7 cm³/mol. The molecule has 0 bridgehead atoms. The van der Waals surface area contributed by atoms with Crippen LogP contribution in [-0.4, -0.2) is 11.1 Å². The summed E-state index contributed by atoms with van der Waals surface area (Å²) >= 11 is 0. The van der Waals surface area contributed by atoms with Gasteiger partial charge in [0.25, 0.3) is 0 Å². The van der Waals surface area contributed by atoms with Crippen molar-refractivity contribution >= 4 is 5.97 Å². The van der Waals surface area contributed by atoms with Crippen molar-refractivity contribution in [3.05, 3.63) is 47.5 Å². The minimum atomic E-state index is -0.873. The van der Waals surface area contributed by atoms with Crippen molar-refractivity contribution in [3.8, 4) is 0 Å². The Labute approximate surface area is 89.2 Å². The summed E-state index contributed by atoms with van der Waals surface area (Å²) in [6.45, 7) is 0. The SMILES string of the molecule is O=C(O)C=CC1CCCc2[c]cccc21. The molecule has 1 unspecified atom stereocenters. The van der Waals surface area contributed by atoms with Gasteiger partial charge in [-0.05, 0) is 36.5 Å². The number of benzene rings is 1. The molecular formula is C13H13O2. The van der Waals surface area contributed by atoms with Crippen molar-refractivity contribution in [1.82, 2.24) is 0 Å². The van der Waals surface area contributed by atoms with Gasteiger partial charge in [-0.1, -0.05) is 24.3 Å². The van der Waals surface area contributed by atoms with Gasteiger partial charge in [0, 0.05) is 12.0 Å². The molecule has 0 saturated heterocycles. The standard InChI is InChI=1S/C13H13O2/c14-13(15)9-8-11-6-3-5-10-4-1-2-7-12(10)11/h1-2,7-9,11H,3,5-6H2,(H,14,15). The number of aryl methyl sites for hydroxylation is 1. The number of rotatable bonds is 2. The first-order valence-electron chi connectivity index (χ1n) is 5.18. The number of aliphatic carboxylic acids is 1. The lowest BCUT2D eigenvalue weighted by Crippen LogP contribution is -2.08. The maximum atomic E-state index is 10.5. The first kappa shape index (κ1) is 9.97. The van der Waals surface area contributed by atoms with Gasteiger partial charge in [-0.25, -0.2) is 4.79 Å². The number of carboxylic acids is 1.